The number of rotatable bonds is 6. The van der Waals surface area contributed by atoms with E-state index in [1.165, 1.54) is 11.8 Å². The van der Waals surface area contributed by atoms with Gasteiger partial charge in [-0.1, -0.05) is 0 Å². The van der Waals surface area contributed by atoms with Crippen LogP contribution in [-0.2, 0) is 9.59 Å². The minimum atomic E-state index is -0.811. The Morgan fingerprint density at radius 3 is 2.65 bits per heavy atom. The second-order valence-corrected chi connectivity index (χ2v) is 6.66. The number of carbonyl (C=O) groups excluding carboxylic acids is 1. The molecule has 1 fully saturated rings. The number of benzene rings is 1. The number of carboxylic acid groups (broad SMARTS) is 1. The average Bonchev–Trinajstić information content (AvgIpc) is 2.54. The van der Waals surface area contributed by atoms with Gasteiger partial charge in [-0.2, -0.15) is 0 Å². The van der Waals surface area contributed by atoms with Gasteiger partial charge in [-0.05, 0) is 51.0 Å². The molecule has 1 amide bonds. The summed E-state index contributed by atoms with van der Waals surface area (Å²) in [6.45, 7) is 5.04. The van der Waals surface area contributed by atoms with Gasteiger partial charge in [0.05, 0.1) is 18.3 Å². The molecule has 0 bridgehead atoms. The molecular formula is C17H23NO4S. The highest BCUT2D eigenvalue weighted by Gasteiger charge is 2.35. The summed E-state index contributed by atoms with van der Waals surface area (Å²) >= 11 is 1.47. The van der Waals surface area contributed by atoms with Gasteiger partial charge in [0.15, 0.2) is 0 Å². The predicted molar refractivity (Wildman–Crippen MR) is 89.9 cm³/mol. The summed E-state index contributed by atoms with van der Waals surface area (Å²) in [5.41, 5.74) is 0. The normalized spacial score (nSPS) is 21.0. The van der Waals surface area contributed by atoms with Gasteiger partial charge in [-0.25, -0.2) is 0 Å². The molecule has 0 radical (unpaired) electrons. The lowest BCUT2D eigenvalue weighted by atomic mass is 9.90. The lowest BCUT2D eigenvalue weighted by Crippen LogP contribution is -2.49. The van der Waals surface area contributed by atoms with E-state index >= 15 is 0 Å². The van der Waals surface area contributed by atoms with Crippen LogP contribution in [0.3, 0.4) is 0 Å². The van der Waals surface area contributed by atoms with Crippen molar-refractivity contribution in [3.8, 4) is 5.75 Å². The smallest absolute Gasteiger partial charge is 0.308 e. The first-order valence-corrected chi connectivity index (χ1v) is 8.89. The van der Waals surface area contributed by atoms with Crippen LogP contribution in [0.1, 0.15) is 26.7 Å². The van der Waals surface area contributed by atoms with Crippen LogP contribution >= 0.6 is 11.8 Å². The zero-order valence-corrected chi connectivity index (χ0v) is 14.3. The first-order chi connectivity index (χ1) is 11.0. The Morgan fingerprint density at radius 2 is 2.04 bits per heavy atom. The van der Waals surface area contributed by atoms with Crippen LogP contribution in [0.4, 0.5) is 0 Å². The van der Waals surface area contributed by atoms with E-state index in [-0.39, 0.29) is 11.9 Å². The molecule has 5 nitrogen and oxygen atoms in total. The third-order valence-electron chi connectivity index (χ3n) is 4.12. The van der Waals surface area contributed by atoms with Crippen LogP contribution in [0.15, 0.2) is 29.2 Å². The molecule has 0 aliphatic carbocycles. The summed E-state index contributed by atoms with van der Waals surface area (Å²) in [4.78, 5) is 26.4. The molecule has 0 unspecified atom stereocenters. The lowest BCUT2D eigenvalue weighted by Gasteiger charge is -2.37. The van der Waals surface area contributed by atoms with Crippen molar-refractivity contribution in [3.63, 3.8) is 0 Å². The van der Waals surface area contributed by atoms with E-state index in [0.29, 0.717) is 25.3 Å². The maximum Gasteiger partial charge on any atom is 0.308 e. The van der Waals surface area contributed by atoms with Crippen LogP contribution in [-0.4, -0.2) is 46.8 Å². The number of hydrogen-bond acceptors (Lipinski definition) is 4. The van der Waals surface area contributed by atoms with Crippen LogP contribution < -0.4 is 4.74 Å². The number of amides is 1. The fourth-order valence-electron chi connectivity index (χ4n) is 2.85. The van der Waals surface area contributed by atoms with Gasteiger partial charge in [0, 0.05) is 17.5 Å². The molecular weight excluding hydrogens is 314 g/mol. The van der Waals surface area contributed by atoms with E-state index in [0.717, 1.165) is 17.1 Å². The minimum Gasteiger partial charge on any atom is -0.494 e. The monoisotopic (exact) mass is 337 g/mol. The van der Waals surface area contributed by atoms with E-state index in [4.69, 9.17) is 4.74 Å². The summed E-state index contributed by atoms with van der Waals surface area (Å²) in [7, 11) is 0. The van der Waals surface area contributed by atoms with Crippen molar-refractivity contribution >= 4 is 23.6 Å². The SMILES string of the molecule is CCOc1ccc(SCC(=O)N2CCC[C@H](C(=O)O)[C@@H]2C)cc1. The average molecular weight is 337 g/mol. The predicted octanol–water partition coefficient (Wildman–Crippen LogP) is 2.89. The Bertz CT molecular complexity index is 546. The Morgan fingerprint density at radius 1 is 1.35 bits per heavy atom. The van der Waals surface area contributed by atoms with Gasteiger partial charge in [0.1, 0.15) is 5.75 Å². The summed E-state index contributed by atoms with van der Waals surface area (Å²) in [6.07, 6.45) is 1.40. The van der Waals surface area contributed by atoms with Crippen molar-refractivity contribution in [2.24, 2.45) is 5.92 Å². The quantitative estimate of drug-likeness (QED) is 0.809. The number of aliphatic carboxylic acids is 1. The number of thioether (sulfide) groups is 1. The maximum absolute atomic E-state index is 12.4. The Balaban J connectivity index is 1.89. The van der Waals surface area contributed by atoms with Crippen LogP contribution in [0.2, 0.25) is 0 Å². The molecule has 1 N–H and O–H groups in total. The molecule has 1 aromatic rings. The Hall–Kier alpha value is -1.69. The minimum absolute atomic E-state index is 0.00216. The highest BCUT2D eigenvalue weighted by atomic mass is 32.2. The Kier molecular flexibility index (Phi) is 6.33. The number of piperidine rings is 1. The number of hydrogen-bond donors (Lipinski definition) is 1. The van der Waals surface area contributed by atoms with Gasteiger partial charge < -0.3 is 14.7 Å². The Labute approximate surface area is 141 Å². The van der Waals surface area contributed by atoms with Crippen molar-refractivity contribution in [1.82, 2.24) is 4.90 Å². The van der Waals surface area contributed by atoms with Crippen LogP contribution in [0, 0.1) is 5.92 Å². The van der Waals surface area contributed by atoms with Crippen LogP contribution in [0.25, 0.3) is 0 Å². The van der Waals surface area contributed by atoms with Gasteiger partial charge >= 0.3 is 5.97 Å². The zero-order chi connectivity index (χ0) is 16.8. The lowest BCUT2D eigenvalue weighted by molar-refractivity contribution is -0.148. The largest absolute Gasteiger partial charge is 0.494 e. The molecule has 0 saturated carbocycles. The third kappa shape index (κ3) is 4.64. The number of carboxylic acids is 1. The van der Waals surface area contributed by atoms with E-state index in [1.54, 1.807) is 4.90 Å². The van der Waals surface area contributed by atoms with Gasteiger partial charge in [0.2, 0.25) is 5.91 Å². The second kappa shape index (κ2) is 8.24. The van der Waals surface area contributed by atoms with Crippen molar-refractivity contribution < 1.29 is 19.4 Å². The van der Waals surface area contributed by atoms with Gasteiger partial charge in [0.25, 0.3) is 0 Å². The standard InChI is InChI=1S/C17H23NO4S/c1-3-22-13-6-8-14(9-7-13)23-11-16(19)18-10-4-5-15(12(18)2)17(20)21/h6-9,12,15H,3-5,10-11H2,1-2H3,(H,20,21)/t12-,15-/m0/s1. The van der Waals surface area contributed by atoms with E-state index in [2.05, 4.69) is 0 Å². The first-order valence-electron chi connectivity index (χ1n) is 7.91. The third-order valence-corrected chi connectivity index (χ3v) is 5.12. The highest BCUT2D eigenvalue weighted by molar-refractivity contribution is 8.00. The van der Waals surface area contributed by atoms with E-state index in [9.17, 15) is 14.7 Å². The number of carbonyl (C=O) groups is 2. The molecule has 2 rings (SSSR count). The van der Waals surface area contributed by atoms with E-state index in [1.807, 2.05) is 38.1 Å². The molecule has 1 heterocycles. The topological polar surface area (TPSA) is 66.8 Å². The summed E-state index contributed by atoms with van der Waals surface area (Å²) < 4.78 is 5.39. The van der Waals surface area contributed by atoms with Crippen molar-refractivity contribution in [2.75, 3.05) is 18.9 Å². The molecule has 2 atom stereocenters. The number of likely N-dealkylation sites (tertiary alicyclic amines) is 1. The van der Waals surface area contributed by atoms with Gasteiger partial charge in [-0.15, -0.1) is 11.8 Å². The molecule has 126 valence electrons. The summed E-state index contributed by atoms with van der Waals surface area (Å²) in [6, 6.07) is 7.40. The number of nitrogens with zero attached hydrogens (tertiary/aromatic N) is 1. The number of ether oxygens (including phenoxy) is 1. The molecule has 0 spiro atoms. The summed E-state index contributed by atoms with van der Waals surface area (Å²) in [5, 5.41) is 9.23. The fourth-order valence-corrected chi connectivity index (χ4v) is 3.64. The van der Waals surface area contributed by atoms with Crippen molar-refractivity contribution in [2.45, 2.75) is 37.6 Å². The maximum atomic E-state index is 12.4. The molecule has 0 aromatic heterocycles. The molecule has 6 heteroatoms. The fraction of sp³-hybridized carbons (Fsp3) is 0.529. The molecule has 1 saturated heterocycles. The van der Waals surface area contributed by atoms with Crippen molar-refractivity contribution in [3.05, 3.63) is 24.3 Å². The van der Waals surface area contributed by atoms with E-state index < -0.39 is 11.9 Å². The highest BCUT2D eigenvalue weighted by Crippen LogP contribution is 2.26. The van der Waals surface area contributed by atoms with Crippen LogP contribution in [0.5, 0.6) is 5.75 Å². The molecule has 1 aliphatic heterocycles. The molecule has 23 heavy (non-hydrogen) atoms. The molecule has 1 aliphatic rings. The zero-order valence-electron chi connectivity index (χ0n) is 13.5. The second-order valence-electron chi connectivity index (χ2n) is 5.61. The van der Waals surface area contributed by atoms with Gasteiger partial charge in [-0.3, -0.25) is 9.59 Å². The van der Waals surface area contributed by atoms with Crippen molar-refractivity contribution in [1.29, 1.82) is 0 Å². The molecule has 1 aromatic carbocycles. The summed E-state index contributed by atoms with van der Waals surface area (Å²) in [5.74, 6) is -0.123. The first kappa shape index (κ1) is 17.7.